The van der Waals surface area contributed by atoms with Crippen LogP contribution in [0, 0.1) is 0 Å². The Morgan fingerprint density at radius 3 is 2.81 bits per heavy atom. The minimum Gasteiger partial charge on any atom is -0.368 e. The first kappa shape index (κ1) is 14.3. The van der Waals surface area contributed by atoms with E-state index in [0.717, 1.165) is 62.7 Å². The lowest BCUT2D eigenvalue weighted by atomic mass is 9.94. The number of nitrogens with two attached hydrogens (primary N) is 2. The molecular weight excluding hydrogens is 266 g/mol. The average Bonchev–Trinajstić information content (AvgIpc) is 2.70. The molecule has 0 spiro atoms. The van der Waals surface area contributed by atoms with Crippen molar-refractivity contribution in [2.75, 3.05) is 18.8 Å². The van der Waals surface area contributed by atoms with Gasteiger partial charge in [-0.15, -0.1) is 0 Å². The monoisotopic (exact) mass is 289 g/mol. The van der Waals surface area contributed by atoms with Crippen LogP contribution >= 0.6 is 0 Å². The highest BCUT2D eigenvalue weighted by molar-refractivity contribution is 5.94. The predicted molar refractivity (Wildman–Crippen MR) is 80.8 cm³/mol. The second-order valence-corrected chi connectivity index (χ2v) is 6.07. The molecule has 0 radical (unpaired) electrons. The van der Waals surface area contributed by atoms with Crippen LogP contribution in [0.25, 0.3) is 0 Å². The Labute approximate surface area is 124 Å². The van der Waals surface area contributed by atoms with Crippen molar-refractivity contribution >= 4 is 11.9 Å². The van der Waals surface area contributed by atoms with Gasteiger partial charge in [0.2, 0.25) is 5.95 Å². The highest BCUT2D eigenvalue weighted by Crippen LogP contribution is 2.24. The molecule has 2 aliphatic rings. The molecule has 1 atom stereocenters. The van der Waals surface area contributed by atoms with Gasteiger partial charge in [0.15, 0.2) is 0 Å². The summed E-state index contributed by atoms with van der Waals surface area (Å²) in [7, 11) is 0. The van der Waals surface area contributed by atoms with Gasteiger partial charge in [0, 0.05) is 30.4 Å². The van der Waals surface area contributed by atoms with Gasteiger partial charge in [-0.2, -0.15) is 0 Å². The quantitative estimate of drug-likeness (QED) is 0.800. The second-order valence-electron chi connectivity index (χ2n) is 6.07. The summed E-state index contributed by atoms with van der Waals surface area (Å²) in [6, 6.07) is 0.0615. The third-order valence-corrected chi connectivity index (χ3v) is 4.40. The number of hydrogen-bond acceptors (Lipinski definition) is 5. The number of nitrogens with zero attached hydrogens (tertiary/aromatic N) is 3. The Kier molecular flexibility index (Phi) is 4.05. The molecule has 114 valence electrons. The summed E-state index contributed by atoms with van der Waals surface area (Å²) >= 11 is 0. The summed E-state index contributed by atoms with van der Waals surface area (Å²) in [5.74, 6) is 0.178. The summed E-state index contributed by atoms with van der Waals surface area (Å²) in [5, 5.41) is 0. The zero-order valence-electron chi connectivity index (χ0n) is 12.3. The highest BCUT2D eigenvalue weighted by atomic mass is 16.2. The van der Waals surface area contributed by atoms with Crippen molar-refractivity contribution in [3.05, 3.63) is 17.0 Å². The van der Waals surface area contributed by atoms with Crippen LogP contribution in [-0.4, -0.2) is 39.9 Å². The fourth-order valence-electron chi connectivity index (χ4n) is 3.30. The van der Waals surface area contributed by atoms with E-state index in [0.29, 0.717) is 12.2 Å². The van der Waals surface area contributed by atoms with Crippen LogP contribution in [0.3, 0.4) is 0 Å². The van der Waals surface area contributed by atoms with Crippen LogP contribution in [-0.2, 0) is 12.8 Å². The Balaban J connectivity index is 1.91. The Morgan fingerprint density at radius 1 is 1.14 bits per heavy atom. The standard InChI is InChI=1S/C15H23N5O/c16-10-5-3-4-8-20(9-10)14(21)13-11-6-1-2-7-12(11)18-15(17)19-13/h10H,1-9,16H2,(H2,17,18,19). The van der Waals surface area contributed by atoms with E-state index in [1.807, 2.05) is 4.90 Å². The van der Waals surface area contributed by atoms with Crippen LogP contribution in [0.1, 0.15) is 53.8 Å². The van der Waals surface area contributed by atoms with Crippen LogP contribution in [0.4, 0.5) is 5.95 Å². The average molecular weight is 289 g/mol. The van der Waals surface area contributed by atoms with Gasteiger partial charge in [-0.25, -0.2) is 9.97 Å². The molecular formula is C15H23N5O. The van der Waals surface area contributed by atoms with E-state index in [2.05, 4.69) is 9.97 Å². The van der Waals surface area contributed by atoms with Gasteiger partial charge in [-0.1, -0.05) is 6.42 Å². The molecule has 6 heteroatoms. The molecule has 2 heterocycles. The highest BCUT2D eigenvalue weighted by Gasteiger charge is 2.27. The maximum Gasteiger partial charge on any atom is 0.273 e. The number of anilines is 1. The molecule has 1 aromatic heterocycles. The second kappa shape index (κ2) is 5.97. The fraction of sp³-hybridized carbons (Fsp3) is 0.667. The Bertz CT molecular complexity index is 545. The molecule has 1 unspecified atom stereocenters. The third-order valence-electron chi connectivity index (χ3n) is 4.40. The number of hydrogen-bond donors (Lipinski definition) is 2. The minimum absolute atomic E-state index is 0.0281. The predicted octanol–water partition coefficient (Wildman–Crippen LogP) is 0.891. The summed E-state index contributed by atoms with van der Waals surface area (Å²) < 4.78 is 0. The number of aromatic nitrogens is 2. The topological polar surface area (TPSA) is 98.1 Å². The zero-order chi connectivity index (χ0) is 14.8. The Morgan fingerprint density at radius 2 is 1.95 bits per heavy atom. The first-order valence-corrected chi connectivity index (χ1v) is 7.85. The van der Waals surface area contributed by atoms with Gasteiger partial charge in [-0.3, -0.25) is 4.79 Å². The fourth-order valence-corrected chi connectivity index (χ4v) is 3.30. The molecule has 0 bridgehead atoms. The number of nitrogen functional groups attached to an aromatic ring is 1. The lowest BCUT2D eigenvalue weighted by Crippen LogP contribution is -2.40. The van der Waals surface area contributed by atoms with E-state index >= 15 is 0 Å². The number of rotatable bonds is 1. The van der Waals surface area contributed by atoms with Crippen molar-refractivity contribution in [1.29, 1.82) is 0 Å². The van der Waals surface area contributed by atoms with Gasteiger partial charge in [0.05, 0.1) is 0 Å². The van der Waals surface area contributed by atoms with Crippen molar-refractivity contribution in [3.8, 4) is 0 Å². The number of carbonyl (C=O) groups is 1. The summed E-state index contributed by atoms with van der Waals surface area (Å²) in [6.45, 7) is 1.36. The van der Waals surface area contributed by atoms with Gasteiger partial charge < -0.3 is 16.4 Å². The van der Waals surface area contributed by atoms with E-state index in [4.69, 9.17) is 11.5 Å². The molecule has 1 aromatic rings. The molecule has 6 nitrogen and oxygen atoms in total. The SMILES string of the molecule is Nc1nc2c(c(C(=O)N3CCCCC(N)C3)n1)CCCC2. The maximum absolute atomic E-state index is 12.8. The van der Waals surface area contributed by atoms with Crippen LogP contribution in [0.2, 0.25) is 0 Å². The van der Waals surface area contributed by atoms with Crippen molar-refractivity contribution in [3.63, 3.8) is 0 Å². The summed E-state index contributed by atoms with van der Waals surface area (Å²) in [6.07, 6.45) is 7.01. The number of carbonyl (C=O) groups excluding carboxylic acids is 1. The molecule has 1 fully saturated rings. The van der Waals surface area contributed by atoms with Gasteiger partial charge >= 0.3 is 0 Å². The van der Waals surface area contributed by atoms with Gasteiger partial charge in [0.25, 0.3) is 5.91 Å². The van der Waals surface area contributed by atoms with Gasteiger partial charge in [-0.05, 0) is 38.5 Å². The van der Waals surface area contributed by atoms with Crippen molar-refractivity contribution in [2.45, 2.75) is 51.0 Å². The third kappa shape index (κ3) is 3.00. The largest absolute Gasteiger partial charge is 0.368 e. The molecule has 0 saturated carbocycles. The molecule has 1 aliphatic heterocycles. The lowest BCUT2D eigenvalue weighted by molar-refractivity contribution is 0.0747. The van der Waals surface area contributed by atoms with E-state index < -0.39 is 0 Å². The number of amides is 1. The van der Waals surface area contributed by atoms with Gasteiger partial charge in [0.1, 0.15) is 5.69 Å². The number of aryl methyl sites for hydroxylation is 1. The summed E-state index contributed by atoms with van der Waals surface area (Å²) in [4.78, 5) is 23.2. The maximum atomic E-state index is 12.8. The summed E-state index contributed by atoms with van der Waals surface area (Å²) in [5.41, 5.74) is 14.3. The van der Waals surface area contributed by atoms with Crippen molar-refractivity contribution < 1.29 is 4.79 Å². The molecule has 3 rings (SSSR count). The molecule has 4 N–H and O–H groups in total. The first-order chi connectivity index (χ1) is 10.1. The van der Waals surface area contributed by atoms with E-state index in [9.17, 15) is 4.79 Å². The van der Waals surface area contributed by atoms with Crippen LogP contribution in [0.5, 0.6) is 0 Å². The first-order valence-electron chi connectivity index (χ1n) is 7.85. The molecule has 0 aromatic carbocycles. The van der Waals surface area contributed by atoms with E-state index in [-0.39, 0.29) is 17.9 Å². The zero-order valence-corrected chi connectivity index (χ0v) is 12.3. The molecule has 1 saturated heterocycles. The van der Waals surface area contributed by atoms with E-state index in [1.54, 1.807) is 0 Å². The number of likely N-dealkylation sites (tertiary alicyclic amines) is 1. The number of fused-ring (bicyclic) bond motifs is 1. The van der Waals surface area contributed by atoms with E-state index in [1.165, 1.54) is 0 Å². The van der Waals surface area contributed by atoms with Crippen molar-refractivity contribution in [2.24, 2.45) is 5.73 Å². The van der Waals surface area contributed by atoms with Crippen LogP contribution < -0.4 is 11.5 Å². The smallest absolute Gasteiger partial charge is 0.273 e. The molecule has 1 aliphatic carbocycles. The minimum atomic E-state index is -0.0281. The molecule has 1 amide bonds. The lowest BCUT2D eigenvalue weighted by Gasteiger charge is -2.25. The molecule has 21 heavy (non-hydrogen) atoms. The Hall–Kier alpha value is -1.69. The van der Waals surface area contributed by atoms with Crippen molar-refractivity contribution in [1.82, 2.24) is 14.9 Å². The normalized spacial score (nSPS) is 22.5. The van der Waals surface area contributed by atoms with Crippen LogP contribution in [0.15, 0.2) is 0 Å².